The van der Waals surface area contributed by atoms with Gasteiger partial charge in [-0.15, -0.1) is 5.10 Å². The van der Waals surface area contributed by atoms with E-state index in [1.807, 2.05) is 0 Å². The molecule has 0 aliphatic heterocycles. The fraction of sp³-hybridized carbons (Fsp3) is 0.100. The molecular formula is C10H11N5O3S. The predicted octanol–water partition coefficient (Wildman–Crippen LogP) is 0.263. The Balaban J connectivity index is 2.40. The van der Waals surface area contributed by atoms with Gasteiger partial charge in [0.2, 0.25) is 0 Å². The van der Waals surface area contributed by atoms with Gasteiger partial charge in [0.25, 0.3) is 16.0 Å². The van der Waals surface area contributed by atoms with Crippen molar-refractivity contribution in [2.75, 3.05) is 17.6 Å². The molecule has 0 fully saturated rings. The minimum Gasteiger partial charge on any atom is -0.495 e. The summed E-state index contributed by atoms with van der Waals surface area (Å²) in [5.74, 6) is 0.0118. The van der Waals surface area contributed by atoms with Crippen LogP contribution in [0.15, 0.2) is 35.5 Å². The third kappa shape index (κ3) is 2.88. The number of nitrogens with one attached hydrogen (secondary N) is 1. The molecule has 2 rings (SSSR count). The van der Waals surface area contributed by atoms with E-state index < -0.39 is 10.0 Å². The van der Waals surface area contributed by atoms with Crippen molar-refractivity contribution in [1.29, 1.82) is 0 Å². The van der Waals surface area contributed by atoms with Crippen LogP contribution in [0.2, 0.25) is 0 Å². The van der Waals surface area contributed by atoms with E-state index in [4.69, 9.17) is 10.5 Å². The van der Waals surface area contributed by atoms with Crippen molar-refractivity contribution in [3.8, 4) is 5.75 Å². The van der Waals surface area contributed by atoms with Gasteiger partial charge >= 0.3 is 0 Å². The number of ether oxygens (including phenoxy) is 1. The zero-order valence-corrected chi connectivity index (χ0v) is 10.8. The lowest BCUT2D eigenvalue weighted by atomic mass is 10.3. The summed E-state index contributed by atoms with van der Waals surface area (Å²) in [5, 5.41) is 7.07. The van der Waals surface area contributed by atoms with Gasteiger partial charge in [-0.2, -0.15) is 5.10 Å². The van der Waals surface area contributed by atoms with Gasteiger partial charge in [0.05, 0.1) is 19.5 Å². The van der Waals surface area contributed by atoms with Gasteiger partial charge in [-0.05, 0) is 12.1 Å². The molecule has 0 saturated heterocycles. The molecule has 100 valence electrons. The number of anilines is 2. The second kappa shape index (κ2) is 5.06. The molecule has 0 unspecified atom stereocenters. The number of methoxy groups -OCH3 is 1. The molecule has 0 aliphatic rings. The van der Waals surface area contributed by atoms with Gasteiger partial charge in [-0.1, -0.05) is 0 Å². The summed E-state index contributed by atoms with van der Waals surface area (Å²) in [4.78, 5) is 3.67. The Bertz CT molecular complexity index is 675. The molecule has 19 heavy (non-hydrogen) atoms. The Labute approximate surface area is 109 Å². The fourth-order valence-corrected chi connectivity index (χ4v) is 2.47. The largest absolute Gasteiger partial charge is 0.495 e. The first-order valence-electron chi connectivity index (χ1n) is 5.13. The highest BCUT2D eigenvalue weighted by molar-refractivity contribution is 7.92. The van der Waals surface area contributed by atoms with Crippen molar-refractivity contribution in [3.05, 3.63) is 30.6 Å². The van der Waals surface area contributed by atoms with Crippen LogP contribution in [0.3, 0.4) is 0 Å². The number of nitrogens with two attached hydrogens (primary N) is 1. The number of hydrogen-bond donors (Lipinski definition) is 2. The summed E-state index contributed by atoms with van der Waals surface area (Å²) in [7, 11) is -2.51. The molecule has 1 aromatic heterocycles. The minimum atomic E-state index is -3.87. The number of hydrogen-bond acceptors (Lipinski definition) is 7. The average molecular weight is 281 g/mol. The molecule has 0 saturated carbocycles. The second-order valence-electron chi connectivity index (χ2n) is 3.48. The lowest BCUT2D eigenvalue weighted by Gasteiger charge is -2.10. The lowest BCUT2D eigenvalue weighted by Crippen LogP contribution is -2.16. The van der Waals surface area contributed by atoms with E-state index in [2.05, 4.69) is 19.9 Å². The fourth-order valence-electron chi connectivity index (χ4n) is 1.38. The standard InChI is InChI=1S/C10H11N5O3S/c1-18-8-6-7(11)2-3-9(8)19(16,17)15-10-12-4-5-13-14-10/h2-6H,11H2,1H3,(H,12,14,15). The molecule has 0 amide bonds. The molecule has 0 aliphatic carbocycles. The maximum Gasteiger partial charge on any atom is 0.267 e. The topological polar surface area (TPSA) is 120 Å². The lowest BCUT2D eigenvalue weighted by molar-refractivity contribution is 0.403. The highest BCUT2D eigenvalue weighted by Crippen LogP contribution is 2.26. The molecule has 3 N–H and O–H groups in total. The number of benzene rings is 1. The van der Waals surface area contributed by atoms with Crippen molar-refractivity contribution in [1.82, 2.24) is 15.2 Å². The molecule has 8 nitrogen and oxygen atoms in total. The van der Waals surface area contributed by atoms with Crippen LogP contribution in [0.5, 0.6) is 5.75 Å². The zero-order valence-electron chi connectivity index (χ0n) is 9.94. The Morgan fingerprint density at radius 3 is 2.74 bits per heavy atom. The van der Waals surface area contributed by atoms with Crippen LogP contribution >= 0.6 is 0 Å². The maximum absolute atomic E-state index is 12.2. The van der Waals surface area contributed by atoms with Crippen molar-refractivity contribution >= 4 is 21.7 Å². The Kier molecular flexibility index (Phi) is 3.47. The van der Waals surface area contributed by atoms with Gasteiger partial charge < -0.3 is 10.5 Å². The molecule has 1 aromatic carbocycles. The van der Waals surface area contributed by atoms with E-state index in [9.17, 15) is 8.42 Å². The van der Waals surface area contributed by atoms with Crippen LogP contribution in [0.25, 0.3) is 0 Å². The van der Waals surface area contributed by atoms with Gasteiger partial charge in [-0.3, -0.25) is 0 Å². The Morgan fingerprint density at radius 2 is 2.11 bits per heavy atom. The van der Waals surface area contributed by atoms with E-state index in [0.29, 0.717) is 5.69 Å². The average Bonchev–Trinajstić information content (AvgIpc) is 2.38. The summed E-state index contributed by atoms with van der Waals surface area (Å²) in [5.41, 5.74) is 5.97. The zero-order chi connectivity index (χ0) is 13.9. The number of nitrogens with zero attached hydrogens (tertiary/aromatic N) is 3. The van der Waals surface area contributed by atoms with Crippen molar-refractivity contribution in [2.24, 2.45) is 0 Å². The normalized spacial score (nSPS) is 11.0. The van der Waals surface area contributed by atoms with Crippen LogP contribution in [0.1, 0.15) is 0 Å². The van der Waals surface area contributed by atoms with Crippen LogP contribution in [-0.4, -0.2) is 30.7 Å². The molecule has 0 atom stereocenters. The van der Waals surface area contributed by atoms with Crippen LogP contribution < -0.4 is 15.2 Å². The summed E-state index contributed by atoms with van der Waals surface area (Å²) in [6.07, 6.45) is 2.66. The molecule has 9 heteroatoms. The van der Waals surface area contributed by atoms with Gasteiger partial charge in [0.15, 0.2) is 0 Å². The van der Waals surface area contributed by atoms with Crippen LogP contribution in [0.4, 0.5) is 11.6 Å². The molecule has 0 spiro atoms. The van der Waals surface area contributed by atoms with Crippen molar-refractivity contribution in [3.63, 3.8) is 0 Å². The third-order valence-electron chi connectivity index (χ3n) is 2.19. The molecule has 0 bridgehead atoms. The summed E-state index contributed by atoms with van der Waals surface area (Å²) in [6, 6.07) is 4.21. The van der Waals surface area contributed by atoms with Gasteiger partial charge in [-0.25, -0.2) is 18.1 Å². The van der Waals surface area contributed by atoms with Gasteiger partial charge in [0, 0.05) is 11.8 Å². The van der Waals surface area contributed by atoms with Gasteiger partial charge in [0.1, 0.15) is 10.6 Å². The smallest absolute Gasteiger partial charge is 0.267 e. The number of aromatic nitrogens is 3. The second-order valence-corrected chi connectivity index (χ2v) is 5.13. The van der Waals surface area contributed by atoms with Crippen molar-refractivity contribution < 1.29 is 13.2 Å². The first kappa shape index (κ1) is 13.0. The highest BCUT2D eigenvalue weighted by atomic mass is 32.2. The highest BCUT2D eigenvalue weighted by Gasteiger charge is 2.20. The first-order valence-corrected chi connectivity index (χ1v) is 6.61. The van der Waals surface area contributed by atoms with E-state index in [-0.39, 0.29) is 16.6 Å². The Hall–Kier alpha value is -2.42. The van der Waals surface area contributed by atoms with E-state index in [1.54, 1.807) is 0 Å². The minimum absolute atomic E-state index is 0.0587. The molecule has 0 radical (unpaired) electrons. The number of nitrogen functional groups attached to an aromatic ring is 1. The molecule has 2 aromatic rings. The van der Waals surface area contributed by atoms with E-state index in [0.717, 1.165) is 0 Å². The summed E-state index contributed by atoms with van der Waals surface area (Å²) in [6.45, 7) is 0. The third-order valence-corrected chi connectivity index (χ3v) is 3.55. The van der Waals surface area contributed by atoms with E-state index >= 15 is 0 Å². The first-order chi connectivity index (χ1) is 9.03. The van der Waals surface area contributed by atoms with E-state index in [1.165, 1.54) is 37.7 Å². The van der Waals surface area contributed by atoms with Crippen LogP contribution in [-0.2, 0) is 10.0 Å². The maximum atomic E-state index is 12.2. The number of sulfonamides is 1. The molecule has 1 heterocycles. The van der Waals surface area contributed by atoms with Crippen molar-refractivity contribution in [2.45, 2.75) is 4.90 Å². The predicted molar refractivity (Wildman–Crippen MR) is 68.0 cm³/mol. The van der Waals surface area contributed by atoms with Crippen LogP contribution in [0, 0.1) is 0 Å². The SMILES string of the molecule is COc1cc(N)ccc1S(=O)(=O)Nc1nccnn1. The molecular weight excluding hydrogens is 270 g/mol. The number of rotatable bonds is 4. The Morgan fingerprint density at radius 1 is 1.32 bits per heavy atom. The monoisotopic (exact) mass is 281 g/mol. The quantitative estimate of drug-likeness (QED) is 0.771. The summed E-state index contributed by atoms with van der Waals surface area (Å²) >= 11 is 0. The summed E-state index contributed by atoms with van der Waals surface area (Å²) < 4.78 is 31.5.